The largest absolute Gasteiger partial charge is 0.348 e. The zero-order valence-electron chi connectivity index (χ0n) is 12.1. The number of aromatic nitrogens is 2. The van der Waals surface area contributed by atoms with E-state index >= 15 is 0 Å². The lowest BCUT2D eigenvalue weighted by Crippen LogP contribution is -2.49. The van der Waals surface area contributed by atoms with E-state index < -0.39 is 0 Å². The third-order valence-corrected chi connectivity index (χ3v) is 6.31. The normalized spacial score (nSPS) is 35.0. The second-order valence-corrected chi connectivity index (χ2v) is 7.46. The van der Waals surface area contributed by atoms with Gasteiger partial charge in [0.15, 0.2) is 5.79 Å². The highest BCUT2D eigenvalue weighted by atomic mass is 79.9. The third-order valence-electron chi connectivity index (χ3n) is 5.68. The van der Waals surface area contributed by atoms with Gasteiger partial charge in [-0.2, -0.15) is 5.10 Å². The van der Waals surface area contributed by atoms with Gasteiger partial charge in [0.25, 0.3) is 0 Å². The number of aryl methyl sites for hydroxylation is 1. The van der Waals surface area contributed by atoms with Gasteiger partial charge in [-0.1, -0.05) is 6.92 Å². The van der Waals surface area contributed by atoms with Gasteiger partial charge in [-0.15, -0.1) is 0 Å². The second kappa shape index (κ2) is 4.31. The van der Waals surface area contributed by atoms with Crippen molar-refractivity contribution < 1.29 is 9.47 Å². The first kappa shape index (κ1) is 13.3. The zero-order chi connectivity index (χ0) is 14.0. The van der Waals surface area contributed by atoms with Gasteiger partial charge in [-0.05, 0) is 41.1 Å². The summed E-state index contributed by atoms with van der Waals surface area (Å²) in [5.41, 5.74) is 3.05. The zero-order valence-corrected chi connectivity index (χ0v) is 13.7. The molecule has 4 nitrogen and oxygen atoms in total. The molecule has 2 fully saturated rings. The van der Waals surface area contributed by atoms with Gasteiger partial charge in [0.05, 0.1) is 13.2 Å². The van der Waals surface area contributed by atoms with Gasteiger partial charge in [0, 0.05) is 36.6 Å². The molecule has 0 N–H and O–H groups in total. The fourth-order valence-corrected chi connectivity index (χ4v) is 5.26. The number of halogens is 1. The van der Waals surface area contributed by atoms with E-state index in [9.17, 15) is 0 Å². The first-order chi connectivity index (χ1) is 9.54. The van der Waals surface area contributed by atoms with Crippen molar-refractivity contribution in [1.29, 1.82) is 0 Å². The number of nitrogens with zero attached hydrogens (tertiary/aromatic N) is 2. The predicted octanol–water partition coefficient (Wildman–Crippen LogP) is 2.93. The molecular weight excluding hydrogens is 320 g/mol. The minimum atomic E-state index is -0.280. The molecule has 0 amide bonds. The summed E-state index contributed by atoms with van der Waals surface area (Å²) >= 11 is 3.62. The lowest BCUT2D eigenvalue weighted by atomic mass is 9.59. The lowest BCUT2D eigenvalue weighted by Gasteiger charge is -2.50. The number of rotatable bonds is 0. The Morgan fingerprint density at radius 3 is 2.80 bits per heavy atom. The van der Waals surface area contributed by atoms with E-state index in [0.29, 0.717) is 5.92 Å². The lowest BCUT2D eigenvalue weighted by molar-refractivity contribution is -0.199. The Kier molecular flexibility index (Phi) is 2.86. The van der Waals surface area contributed by atoms with Crippen molar-refractivity contribution in [2.45, 2.75) is 50.2 Å². The number of hydrogen-bond donors (Lipinski definition) is 0. The van der Waals surface area contributed by atoms with Crippen molar-refractivity contribution in [3.63, 3.8) is 0 Å². The molecule has 4 rings (SSSR count). The topological polar surface area (TPSA) is 36.3 Å². The van der Waals surface area contributed by atoms with Crippen LogP contribution in [0.3, 0.4) is 0 Å². The van der Waals surface area contributed by atoms with Crippen LogP contribution in [0.4, 0.5) is 0 Å². The maximum Gasteiger partial charge on any atom is 0.168 e. The summed E-state index contributed by atoms with van der Waals surface area (Å²) in [5, 5.41) is 4.59. The Morgan fingerprint density at radius 1 is 1.30 bits per heavy atom. The molecule has 20 heavy (non-hydrogen) atoms. The Morgan fingerprint density at radius 2 is 2.05 bits per heavy atom. The summed E-state index contributed by atoms with van der Waals surface area (Å²) in [7, 11) is 2.07. The number of fused-ring (bicyclic) bond motifs is 3. The van der Waals surface area contributed by atoms with Crippen molar-refractivity contribution in [3.05, 3.63) is 15.9 Å². The van der Waals surface area contributed by atoms with E-state index in [2.05, 4.69) is 39.7 Å². The molecule has 0 radical (unpaired) electrons. The molecule has 110 valence electrons. The first-order valence-electron chi connectivity index (χ1n) is 7.54. The van der Waals surface area contributed by atoms with E-state index in [1.807, 2.05) is 0 Å². The minimum Gasteiger partial charge on any atom is -0.348 e. The van der Waals surface area contributed by atoms with Crippen molar-refractivity contribution in [2.24, 2.45) is 13.0 Å². The van der Waals surface area contributed by atoms with Gasteiger partial charge in [0.2, 0.25) is 0 Å². The van der Waals surface area contributed by atoms with E-state index in [1.165, 1.54) is 17.7 Å². The van der Waals surface area contributed by atoms with Crippen LogP contribution in [0.5, 0.6) is 0 Å². The van der Waals surface area contributed by atoms with E-state index in [1.54, 1.807) is 0 Å². The minimum absolute atomic E-state index is 0.210. The van der Waals surface area contributed by atoms with E-state index in [4.69, 9.17) is 9.47 Å². The maximum atomic E-state index is 5.94. The van der Waals surface area contributed by atoms with Gasteiger partial charge in [-0.25, -0.2) is 0 Å². The van der Waals surface area contributed by atoms with E-state index in [-0.39, 0.29) is 11.2 Å². The molecule has 5 heteroatoms. The van der Waals surface area contributed by atoms with E-state index in [0.717, 1.165) is 43.5 Å². The SMILES string of the molecule is Cn1nc(Br)c2c1C1(C)CCC3(CC1CC2)OCCO3. The van der Waals surface area contributed by atoms with Crippen LogP contribution < -0.4 is 0 Å². The molecule has 3 aliphatic rings. The molecule has 1 saturated heterocycles. The van der Waals surface area contributed by atoms with Crippen LogP contribution in [0.1, 0.15) is 43.9 Å². The van der Waals surface area contributed by atoms with Crippen LogP contribution in [0.15, 0.2) is 4.60 Å². The fraction of sp³-hybridized carbons (Fsp3) is 0.800. The molecule has 1 aromatic rings. The highest BCUT2D eigenvalue weighted by Gasteiger charge is 2.53. The molecule has 2 heterocycles. The first-order valence-corrected chi connectivity index (χ1v) is 8.33. The summed E-state index contributed by atoms with van der Waals surface area (Å²) in [6, 6.07) is 0. The highest BCUT2D eigenvalue weighted by molar-refractivity contribution is 9.10. The quantitative estimate of drug-likeness (QED) is 0.728. The molecule has 1 saturated carbocycles. The Balaban J connectivity index is 1.73. The Bertz CT molecular complexity index is 550. The molecule has 2 unspecified atom stereocenters. The summed E-state index contributed by atoms with van der Waals surface area (Å²) in [6.07, 6.45) is 5.48. The molecule has 1 spiro atoms. The van der Waals surface area contributed by atoms with Crippen molar-refractivity contribution >= 4 is 15.9 Å². The molecule has 1 aromatic heterocycles. The maximum absolute atomic E-state index is 5.94. The van der Waals surface area contributed by atoms with Crippen LogP contribution in [-0.4, -0.2) is 28.8 Å². The molecule has 2 atom stereocenters. The van der Waals surface area contributed by atoms with Crippen LogP contribution in [0, 0.1) is 5.92 Å². The van der Waals surface area contributed by atoms with Crippen LogP contribution in [-0.2, 0) is 28.4 Å². The average molecular weight is 341 g/mol. The molecule has 0 aromatic carbocycles. The summed E-state index contributed by atoms with van der Waals surface area (Å²) in [6.45, 7) is 3.92. The van der Waals surface area contributed by atoms with Crippen LogP contribution in [0.25, 0.3) is 0 Å². The summed E-state index contributed by atoms with van der Waals surface area (Å²) < 4.78 is 15.0. The van der Waals surface area contributed by atoms with Gasteiger partial charge in [0.1, 0.15) is 4.60 Å². The Labute approximate surface area is 127 Å². The van der Waals surface area contributed by atoms with Crippen LogP contribution >= 0.6 is 15.9 Å². The highest BCUT2D eigenvalue weighted by Crippen LogP contribution is 2.54. The van der Waals surface area contributed by atoms with Crippen LogP contribution in [0.2, 0.25) is 0 Å². The second-order valence-electron chi connectivity index (χ2n) is 6.71. The smallest absolute Gasteiger partial charge is 0.168 e. The average Bonchev–Trinajstić information content (AvgIpc) is 2.97. The molecule has 2 aliphatic carbocycles. The van der Waals surface area contributed by atoms with Gasteiger partial charge in [-0.3, -0.25) is 4.68 Å². The fourth-order valence-electron chi connectivity index (χ4n) is 4.64. The number of hydrogen-bond acceptors (Lipinski definition) is 3. The van der Waals surface area contributed by atoms with Gasteiger partial charge >= 0.3 is 0 Å². The van der Waals surface area contributed by atoms with Crippen molar-refractivity contribution in [3.8, 4) is 0 Å². The summed E-state index contributed by atoms with van der Waals surface area (Å²) in [4.78, 5) is 0. The predicted molar refractivity (Wildman–Crippen MR) is 78.6 cm³/mol. The standard InChI is InChI=1S/C15H21BrN2O2/c1-14-5-6-15(19-7-8-20-15)9-10(14)3-4-11-12(14)18(2)17-13(11)16/h10H,3-9H2,1-2H3. The van der Waals surface area contributed by atoms with Crippen molar-refractivity contribution in [2.75, 3.05) is 13.2 Å². The molecular formula is C15H21BrN2O2. The number of ether oxygens (including phenoxy) is 2. The molecule has 1 aliphatic heterocycles. The van der Waals surface area contributed by atoms with Crippen molar-refractivity contribution in [1.82, 2.24) is 9.78 Å². The molecule has 0 bridgehead atoms. The summed E-state index contributed by atoms with van der Waals surface area (Å²) in [5.74, 6) is 0.349. The third kappa shape index (κ3) is 1.69. The van der Waals surface area contributed by atoms with Gasteiger partial charge < -0.3 is 9.47 Å². The Hall–Kier alpha value is -0.390. The monoisotopic (exact) mass is 340 g/mol.